The Balaban J connectivity index is 2.01. The summed E-state index contributed by atoms with van der Waals surface area (Å²) in [5.74, 6) is 0.854. The Morgan fingerprint density at radius 1 is 1.44 bits per heavy atom. The zero-order valence-corrected chi connectivity index (χ0v) is 9.65. The van der Waals surface area contributed by atoms with Crippen molar-refractivity contribution in [2.45, 2.75) is 25.8 Å². The number of hydrogen-bond acceptors (Lipinski definition) is 3. The standard InChI is InChI=1S/C13H18N2O/c1-10-4-2-3-5-11(10)8-13-15-12(6-7-14)9-16-13/h2-5,12H,6-9,14H2,1H3. The molecule has 1 atom stereocenters. The van der Waals surface area contributed by atoms with E-state index >= 15 is 0 Å². The van der Waals surface area contributed by atoms with E-state index in [4.69, 9.17) is 10.5 Å². The summed E-state index contributed by atoms with van der Waals surface area (Å²) in [5, 5.41) is 0. The van der Waals surface area contributed by atoms with Gasteiger partial charge in [0.25, 0.3) is 0 Å². The van der Waals surface area contributed by atoms with Crippen LogP contribution in [0.15, 0.2) is 29.3 Å². The van der Waals surface area contributed by atoms with Gasteiger partial charge >= 0.3 is 0 Å². The van der Waals surface area contributed by atoms with Crippen LogP contribution in [0.25, 0.3) is 0 Å². The van der Waals surface area contributed by atoms with Gasteiger partial charge in [0.15, 0.2) is 5.90 Å². The lowest BCUT2D eigenvalue weighted by Crippen LogP contribution is -2.12. The van der Waals surface area contributed by atoms with E-state index in [0.717, 1.165) is 18.7 Å². The summed E-state index contributed by atoms with van der Waals surface area (Å²) in [6.45, 7) is 3.48. The molecule has 1 heterocycles. The SMILES string of the molecule is Cc1ccccc1CC1=NC(CCN)CO1. The molecule has 2 N–H and O–H groups in total. The fourth-order valence-electron chi connectivity index (χ4n) is 1.88. The van der Waals surface area contributed by atoms with Crippen LogP contribution in [0.2, 0.25) is 0 Å². The van der Waals surface area contributed by atoms with Crippen molar-refractivity contribution in [1.29, 1.82) is 0 Å². The van der Waals surface area contributed by atoms with Crippen molar-refractivity contribution in [2.24, 2.45) is 10.7 Å². The van der Waals surface area contributed by atoms with E-state index < -0.39 is 0 Å². The average Bonchev–Trinajstić information content (AvgIpc) is 2.70. The lowest BCUT2D eigenvalue weighted by molar-refractivity contribution is 0.307. The van der Waals surface area contributed by atoms with E-state index in [2.05, 4.69) is 30.1 Å². The lowest BCUT2D eigenvalue weighted by Gasteiger charge is -2.04. The minimum absolute atomic E-state index is 0.268. The van der Waals surface area contributed by atoms with Gasteiger partial charge in [0, 0.05) is 6.42 Å². The van der Waals surface area contributed by atoms with Gasteiger partial charge in [-0.3, -0.25) is 0 Å². The van der Waals surface area contributed by atoms with Gasteiger partial charge in [0.05, 0.1) is 6.04 Å². The molecule has 1 aliphatic rings. The molecule has 2 rings (SSSR count). The van der Waals surface area contributed by atoms with Crippen molar-refractivity contribution in [2.75, 3.05) is 13.2 Å². The Bertz CT molecular complexity index is 387. The molecule has 86 valence electrons. The predicted octanol–water partition coefficient (Wildman–Crippen LogP) is 1.68. The highest BCUT2D eigenvalue weighted by Crippen LogP contribution is 2.14. The third-order valence-corrected chi connectivity index (χ3v) is 2.87. The summed E-state index contributed by atoms with van der Waals surface area (Å²) in [4.78, 5) is 4.53. The first-order valence-corrected chi connectivity index (χ1v) is 5.73. The predicted molar refractivity (Wildman–Crippen MR) is 65.7 cm³/mol. The number of rotatable bonds is 4. The second-order valence-electron chi connectivity index (χ2n) is 4.17. The molecule has 0 aliphatic carbocycles. The zero-order chi connectivity index (χ0) is 11.4. The second kappa shape index (κ2) is 5.12. The fourth-order valence-corrected chi connectivity index (χ4v) is 1.88. The van der Waals surface area contributed by atoms with Crippen LogP contribution in [-0.4, -0.2) is 25.1 Å². The van der Waals surface area contributed by atoms with Gasteiger partial charge in [-0.1, -0.05) is 24.3 Å². The van der Waals surface area contributed by atoms with Crippen LogP contribution in [-0.2, 0) is 11.2 Å². The molecule has 1 aliphatic heterocycles. The van der Waals surface area contributed by atoms with E-state index in [-0.39, 0.29) is 6.04 Å². The summed E-state index contributed by atoms with van der Waals surface area (Å²) in [6, 6.07) is 8.60. The topological polar surface area (TPSA) is 47.6 Å². The van der Waals surface area contributed by atoms with Crippen molar-refractivity contribution in [1.82, 2.24) is 0 Å². The van der Waals surface area contributed by atoms with Crippen LogP contribution in [0.4, 0.5) is 0 Å². The zero-order valence-electron chi connectivity index (χ0n) is 9.65. The fraction of sp³-hybridized carbons (Fsp3) is 0.462. The molecule has 0 amide bonds. The van der Waals surface area contributed by atoms with Crippen LogP contribution in [0.1, 0.15) is 17.5 Å². The second-order valence-corrected chi connectivity index (χ2v) is 4.17. The average molecular weight is 218 g/mol. The highest BCUT2D eigenvalue weighted by molar-refractivity contribution is 5.80. The number of benzene rings is 1. The third-order valence-electron chi connectivity index (χ3n) is 2.87. The highest BCUT2D eigenvalue weighted by Gasteiger charge is 2.18. The van der Waals surface area contributed by atoms with Gasteiger partial charge in [0.2, 0.25) is 0 Å². The molecule has 1 aromatic rings. The van der Waals surface area contributed by atoms with E-state index in [9.17, 15) is 0 Å². The van der Waals surface area contributed by atoms with Gasteiger partial charge in [-0.05, 0) is 31.0 Å². The maximum absolute atomic E-state index is 5.57. The number of ether oxygens (including phenoxy) is 1. The van der Waals surface area contributed by atoms with Crippen molar-refractivity contribution >= 4 is 5.90 Å². The van der Waals surface area contributed by atoms with E-state index in [1.54, 1.807) is 0 Å². The van der Waals surface area contributed by atoms with Gasteiger partial charge in [-0.15, -0.1) is 0 Å². The summed E-state index contributed by atoms with van der Waals surface area (Å²) >= 11 is 0. The Kier molecular flexibility index (Phi) is 3.57. The van der Waals surface area contributed by atoms with Gasteiger partial charge in [-0.2, -0.15) is 0 Å². The molecule has 0 aromatic heterocycles. The van der Waals surface area contributed by atoms with Gasteiger partial charge < -0.3 is 10.5 Å². The molecule has 1 unspecified atom stereocenters. The number of nitrogens with two attached hydrogens (primary N) is 1. The van der Waals surface area contributed by atoms with Gasteiger partial charge in [0.1, 0.15) is 6.61 Å². The minimum Gasteiger partial charge on any atom is -0.478 e. The first-order chi connectivity index (χ1) is 7.79. The summed E-state index contributed by atoms with van der Waals surface area (Å²) < 4.78 is 5.57. The van der Waals surface area contributed by atoms with E-state index in [0.29, 0.717) is 13.2 Å². The Morgan fingerprint density at radius 3 is 3.00 bits per heavy atom. The lowest BCUT2D eigenvalue weighted by atomic mass is 10.1. The normalized spacial score (nSPS) is 19.4. The maximum Gasteiger partial charge on any atom is 0.188 e. The van der Waals surface area contributed by atoms with Crippen molar-refractivity contribution in [3.8, 4) is 0 Å². The smallest absolute Gasteiger partial charge is 0.188 e. The monoisotopic (exact) mass is 218 g/mol. The van der Waals surface area contributed by atoms with E-state index in [1.165, 1.54) is 11.1 Å². The molecule has 0 saturated heterocycles. The number of aliphatic imine (C=N–C) groups is 1. The minimum atomic E-state index is 0.268. The largest absolute Gasteiger partial charge is 0.478 e. The summed E-state index contributed by atoms with van der Waals surface area (Å²) in [7, 11) is 0. The van der Waals surface area contributed by atoms with Gasteiger partial charge in [-0.25, -0.2) is 4.99 Å². The Hall–Kier alpha value is -1.35. The first-order valence-electron chi connectivity index (χ1n) is 5.73. The van der Waals surface area contributed by atoms with Crippen molar-refractivity contribution in [3.05, 3.63) is 35.4 Å². The molecule has 0 saturated carbocycles. The van der Waals surface area contributed by atoms with Crippen LogP contribution in [0, 0.1) is 6.92 Å². The van der Waals surface area contributed by atoms with Crippen LogP contribution in [0.3, 0.4) is 0 Å². The molecule has 0 spiro atoms. The van der Waals surface area contributed by atoms with Crippen LogP contribution >= 0.6 is 0 Å². The summed E-state index contributed by atoms with van der Waals surface area (Å²) in [5.41, 5.74) is 8.08. The quantitative estimate of drug-likeness (QED) is 0.836. The Morgan fingerprint density at radius 2 is 2.25 bits per heavy atom. The molecular formula is C13H18N2O. The van der Waals surface area contributed by atoms with Crippen LogP contribution < -0.4 is 5.73 Å². The molecule has 3 heteroatoms. The van der Waals surface area contributed by atoms with Crippen molar-refractivity contribution in [3.63, 3.8) is 0 Å². The van der Waals surface area contributed by atoms with Crippen molar-refractivity contribution < 1.29 is 4.74 Å². The van der Waals surface area contributed by atoms with Crippen LogP contribution in [0.5, 0.6) is 0 Å². The first kappa shape index (κ1) is 11.1. The highest BCUT2D eigenvalue weighted by atomic mass is 16.5. The maximum atomic E-state index is 5.57. The molecular weight excluding hydrogens is 200 g/mol. The molecule has 0 radical (unpaired) electrons. The number of nitrogens with zero attached hydrogens (tertiary/aromatic N) is 1. The third kappa shape index (κ3) is 2.61. The number of aryl methyl sites for hydroxylation is 1. The molecule has 1 aromatic carbocycles. The summed E-state index contributed by atoms with van der Waals surface area (Å²) in [6.07, 6.45) is 1.71. The number of hydrogen-bond donors (Lipinski definition) is 1. The van der Waals surface area contributed by atoms with E-state index in [1.807, 2.05) is 6.07 Å². The molecule has 0 bridgehead atoms. The molecule has 16 heavy (non-hydrogen) atoms. The molecule has 3 nitrogen and oxygen atoms in total. The molecule has 0 fully saturated rings. The Labute approximate surface area is 96.3 Å².